The number of epoxide rings is 1. The lowest BCUT2D eigenvalue weighted by Crippen LogP contribution is -2.13. The summed E-state index contributed by atoms with van der Waals surface area (Å²) in [5.41, 5.74) is 0. The summed E-state index contributed by atoms with van der Waals surface area (Å²) in [7, 11) is 0. The first-order valence-corrected chi connectivity index (χ1v) is 5.64. The zero-order chi connectivity index (χ0) is 6.97. The van der Waals surface area contributed by atoms with Crippen molar-refractivity contribution in [3.05, 3.63) is 0 Å². The minimum Gasteiger partial charge on any atom is -0.370 e. The molecule has 0 bridgehead atoms. The van der Waals surface area contributed by atoms with E-state index >= 15 is 0 Å². The predicted molar refractivity (Wildman–Crippen MR) is 49.5 cm³/mol. The van der Waals surface area contributed by atoms with Crippen molar-refractivity contribution in [2.24, 2.45) is 5.92 Å². The third-order valence-corrected chi connectivity index (χ3v) is 3.25. The van der Waals surface area contributed by atoms with Crippen molar-refractivity contribution < 1.29 is 4.74 Å². The zero-order valence-electron chi connectivity index (χ0n) is 6.05. The van der Waals surface area contributed by atoms with Gasteiger partial charge in [0.1, 0.15) is 0 Å². The summed E-state index contributed by atoms with van der Waals surface area (Å²) in [6.07, 6.45) is 6.89. The second-order valence-corrected chi connectivity index (χ2v) is 4.45. The summed E-state index contributed by atoms with van der Waals surface area (Å²) in [5.74, 6) is 0.987. The normalized spacial score (nSPS) is 44.7. The maximum absolute atomic E-state index is 5.45. The summed E-state index contributed by atoms with van der Waals surface area (Å²) < 4.78 is 6.77. The van der Waals surface area contributed by atoms with Gasteiger partial charge in [-0.15, -0.1) is 0 Å². The van der Waals surface area contributed by atoms with Gasteiger partial charge >= 0.3 is 0 Å². The second kappa shape index (κ2) is 2.97. The van der Waals surface area contributed by atoms with Crippen LogP contribution in [0, 0.1) is 5.92 Å². The molecule has 3 atom stereocenters. The predicted octanol–water partition coefficient (Wildman–Crippen LogP) is 2.38. The molecule has 1 nitrogen and oxygen atoms in total. The summed E-state index contributed by atoms with van der Waals surface area (Å²) in [6.45, 7) is 0. The number of alkyl halides is 1. The SMILES string of the molecule is ICCC1CCC2OC2C1. The van der Waals surface area contributed by atoms with E-state index in [2.05, 4.69) is 22.6 Å². The molecule has 1 aliphatic heterocycles. The van der Waals surface area contributed by atoms with E-state index in [0.29, 0.717) is 12.2 Å². The molecule has 0 aromatic rings. The van der Waals surface area contributed by atoms with Crippen LogP contribution in [0.4, 0.5) is 0 Å². The molecule has 1 saturated heterocycles. The second-order valence-electron chi connectivity index (χ2n) is 3.37. The first kappa shape index (κ1) is 7.35. The van der Waals surface area contributed by atoms with Gasteiger partial charge in [-0.25, -0.2) is 0 Å². The monoisotopic (exact) mass is 252 g/mol. The molecular formula is C8H13IO. The number of fused-ring (bicyclic) bond motifs is 1. The summed E-state index contributed by atoms with van der Waals surface area (Å²) in [6, 6.07) is 0. The van der Waals surface area contributed by atoms with Crippen molar-refractivity contribution in [1.29, 1.82) is 0 Å². The fraction of sp³-hybridized carbons (Fsp3) is 1.00. The van der Waals surface area contributed by atoms with Crippen LogP contribution < -0.4 is 0 Å². The molecule has 2 aliphatic rings. The molecule has 0 N–H and O–H groups in total. The average Bonchev–Trinajstić information content (AvgIpc) is 2.66. The average molecular weight is 252 g/mol. The standard InChI is InChI=1S/C8H13IO/c9-4-3-6-1-2-7-8(5-6)10-7/h6-8H,1-5H2. The molecule has 0 aromatic heterocycles. The van der Waals surface area contributed by atoms with Crippen molar-refractivity contribution in [2.75, 3.05) is 4.43 Å². The molecule has 0 amide bonds. The Morgan fingerprint density at radius 3 is 2.90 bits per heavy atom. The van der Waals surface area contributed by atoms with E-state index < -0.39 is 0 Å². The highest BCUT2D eigenvalue weighted by atomic mass is 127. The van der Waals surface area contributed by atoms with Crippen molar-refractivity contribution in [3.8, 4) is 0 Å². The molecule has 1 saturated carbocycles. The van der Waals surface area contributed by atoms with Gasteiger partial charge in [-0.3, -0.25) is 0 Å². The quantitative estimate of drug-likeness (QED) is 0.417. The molecule has 0 spiro atoms. The van der Waals surface area contributed by atoms with E-state index in [1.807, 2.05) is 0 Å². The van der Waals surface area contributed by atoms with Gasteiger partial charge in [0, 0.05) is 0 Å². The van der Waals surface area contributed by atoms with Gasteiger partial charge in [-0.2, -0.15) is 0 Å². The Balaban J connectivity index is 1.77. The molecule has 58 valence electrons. The van der Waals surface area contributed by atoms with E-state index in [1.54, 1.807) is 0 Å². The molecule has 0 aromatic carbocycles. The Bertz CT molecular complexity index is 126. The van der Waals surface area contributed by atoms with E-state index in [9.17, 15) is 0 Å². The van der Waals surface area contributed by atoms with Gasteiger partial charge in [0.25, 0.3) is 0 Å². The Hall–Kier alpha value is 0.690. The summed E-state index contributed by atoms with van der Waals surface area (Å²) in [5, 5.41) is 0. The van der Waals surface area contributed by atoms with Crippen LogP contribution in [0.1, 0.15) is 25.7 Å². The molecule has 1 heterocycles. The first-order valence-electron chi connectivity index (χ1n) is 4.11. The lowest BCUT2D eigenvalue weighted by Gasteiger charge is -2.16. The highest BCUT2D eigenvalue weighted by molar-refractivity contribution is 14.1. The molecule has 10 heavy (non-hydrogen) atoms. The first-order chi connectivity index (χ1) is 4.90. The largest absolute Gasteiger partial charge is 0.370 e. The van der Waals surface area contributed by atoms with Crippen molar-refractivity contribution >= 4 is 22.6 Å². The summed E-state index contributed by atoms with van der Waals surface area (Å²) in [4.78, 5) is 0. The highest BCUT2D eigenvalue weighted by Crippen LogP contribution is 2.40. The van der Waals surface area contributed by atoms with Gasteiger partial charge in [-0.1, -0.05) is 22.6 Å². The van der Waals surface area contributed by atoms with Crippen LogP contribution in [-0.2, 0) is 4.74 Å². The minimum atomic E-state index is 0.682. The Morgan fingerprint density at radius 1 is 1.30 bits per heavy atom. The topological polar surface area (TPSA) is 12.5 Å². The number of rotatable bonds is 2. The number of ether oxygens (including phenoxy) is 1. The number of hydrogen-bond acceptors (Lipinski definition) is 1. The van der Waals surface area contributed by atoms with Crippen LogP contribution in [0.3, 0.4) is 0 Å². The molecule has 2 heteroatoms. The van der Waals surface area contributed by atoms with Gasteiger partial charge in [-0.05, 0) is 36.0 Å². The van der Waals surface area contributed by atoms with E-state index in [4.69, 9.17) is 4.74 Å². The summed E-state index contributed by atoms with van der Waals surface area (Å²) >= 11 is 2.47. The van der Waals surface area contributed by atoms with Crippen LogP contribution in [-0.4, -0.2) is 16.6 Å². The Labute approximate surface area is 75.7 Å². The fourth-order valence-electron chi connectivity index (χ4n) is 1.90. The van der Waals surface area contributed by atoms with Crippen molar-refractivity contribution in [2.45, 2.75) is 37.9 Å². The number of hydrogen-bond donors (Lipinski definition) is 0. The van der Waals surface area contributed by atoms with Crippen LogP contribution in [0.15, 0.2) is 0 Å². The molecular weight excluding hydrogens is 239 g/mol. The molecule has 3 unspecified atom stereocenters. The molecule has 2 rings (SSSR count). The molecule has 0 radical (unpaired) electrons. The minimum absolute atomic E-state index is 0.682. The number of halogens is 1. The third-order valence-electron chi connectivity index (χ3n) is 2.63. The van der Waals surface area contributed by atoms with Gasteiger partial charge in [0.05, 0.1) is 12.2 Å². The van der Waals surface area contributed by atoms with Crippen LogP contribution in [0.2, 0.25) is 0 Å². The van der Waals surface area contributed by atoms with Crippen molar-refractivity contribution in [1.82, 2.24) is 0 Å². The lowest BCUT2D eigenvalue weighted by atomic mass is 9.88. The Morgan fingerprint density at radius 2 is 2.20 bits per heavy atom. The fourth-order valence-corrected chi connectivity index (χ4v) is 2.78. The van der Waals surface area contributed by atoms with Gasteiger partial charge in [0.15, 0.2) is 0 Å². The van der Waals surface area contributed by atoms with Gasteiger partial charge in [0.2, 0.25) is 0 Å². The smallest absolute Gasteiger partial charge is 0.0844 e. The van der Waals surface area contributed by atoms with Crippen LogP contribution in [0.5, 0.6) is 0 Å². The molecule has 1 aliphatic carbocycles. The lowest BCUT2D eigenvalue weighted by molar-refractivity contribution is 0.359. The maximum Gasteiger partial charge on any atom is 0.0844 e. The third kappa shape index (κ3) is 1.47. The maximum atomic E-state index is 5.45. The van der Waals surface area contributed by atoms with E-state index in [1.165, 1.54) is 30.1 Å². The zero-order valence-corrected chi connectivity index (χ0v) is 8.21. The van der Waals surface area contributed by atoms with E-state index in [0.717, 1.165) is 5.92 Å². The molecule has 2 fully saturated rings. The van der Waals surface area contributed by atoms with Crippen LogP contribution in [0.25, 0.3) is 0 Å². The van der Waals surface area contributed by atoms with Crippen LogP contribution >= 0.6 is 22.6 Å². The van der Waals surface area contributed by atoms with Gasteiger partial charge < -0.3 is 4.74 Å². The van der Waals surface area contributed by atoms with Crippen molar-refractivity contribution in [3.63, 3.8) is 0 Å². The van der Waals surface area contributed by atoms with E-state index in [-0.39, 0.29) is 0 Å². The highest BCUT2D eigenvalue weighted by Gasteiger charge is 2.43. The Kier molecular flexibility index (Phi) is 2.18.